The van der Waals surface area contributed by atoms with Gasteiger partial charge in [0.15, 0.2) is 5.22 Å². The number of benzene rings is 1. The summed E-state index contributed by atoms with van der Waals surface area (Å²) < 4.78 is 5.27. The van der Waals surface area contributed by atoms with Gasteiger partial charge in [0.1, 0.15) is 5.76 Å². The predicted octanol–water partition coefficient (Wildman–Crippen LogP) is 4.03. The minimum atomic E-state index is 0.419. The maximum Gasteiger partial charge on any atom is 0.193 e. The highest BCUT2D eigenvalue weighted by Crippen LogP contribution is 2.19. The van der Waals surface area contributed by atoms with Gasteiger partial charge >= 0.3 is 0 Å². The van der Waals surface area contributed by atoms with E-state index in [1.54, 1.807) is 6.07 Å². The van der Waals surface area contributed by atoms with Crippen molar-refractivity contribution in [2.75, 3.05) is 5.32 Å². The zero-order chi connectivity index (χ0) is 11.7. The van der Waals surface area contributed by atoms with Crippen LogP contribution < -0.4 is 5.32 Å². The quantitative estimate of drug-likeness (QED) is 0.733. The highest BCUT2D eigenvalue weighted by Gasteiger charge is 2.00. The Hall–Kier alpha value is -1.87. The van der Waals surface area contributed by atoms with Crippen LogP contribution in [0.15, 0.2) is 47.0 Å². The maximum absolute atomic E-state index is 5.71. The molecule has 0 amide bonds. The van der Waals surface area contributed by atoms with Gasteiger partial charge in [0.2, 0.25) is 0 Å². The molecule has 86 valence electrons. The number of anilines is 1. The van der Waals surface area contributed by atoms with Crippen molar-refractivity contribution >= 4 is 28.2 Å². The molecular formula is C13H11ClN2O. The third-order valence-electron chi connectivity index (χ3n) is 2.65. The lowest BCUT2D eigenvalue weighted by atomic mass is 10.2. The molecule has 0 bridgehead atoms. The van der Waals surface area contributed by atoms with E-state index < -0.39 is 0 Å². The molecule has 0 aliphatic heterocycles. The standard InChI is InChI=1S/C13H11ClN2O/c14-13-4-2-11(17-13)8-16-10-1-3-12-9(7-10)5-6-15-12/h1-7,15-16H,8H2. The average molecular weight is 247 g/mol. The number of H-pyrrole nitrogens is 1. The van der Waals surface area contributed by atoms with E-state index in [4.69, 9.17) is 16.0 Å². The molecule has 2 heterocycles. The maximum atomic E-state index is 5.71. The smallest absolute Gasteiger partial charge is 0.193 e. The second kappa shape index (κ2) is 4.18. The van der Waals surface area contributed by atoms with Crippen molar-refractivity contribution in [1.29, 1.82) is 0 Å². The summed E-state index contributed by atoms with van der Waals surface area (Å²) in [5, 5.41) is 4.90. The summed E-state index contributed by atoms with van der Waals surface area (Å²) in [6.07, 6.45) is 1.93. The van der Waals surface area contributed by atoms with Crippen LogP contribution in [0, 0.1) is 0 Å². The molecule has 0 atom stereocenters. The van der Waals surface area contributed by atoms with E-state index in [9.17, 15) is 0 Å². The van der Waals surface area contributed by atoms with Crippen LogP contribution in [-0.2, 0) is 6.54 Å². The molecule has 0 aliphatic rings. The van der Waals surface area contributed by atoms with E-state index in [-0.39, 0.29) is 0 Å². The molecule has 4 heteroatoms. The molecule has 0 unspecified atom stereocenters. The predicted molar refractivity (Wildman–Crippen MR) is 69.3 cm³/mol. The van der Waals surface area contributed by atoms with Gasteiger partial charge < -0.3 is 14.7 Å². The minimum Gasteiger partial charge on any atom is -0.448 e. The van der Waals surface area contributed by atoms with Crippen LogP contribution in [0.2, 0.25) is 5.22 Å². The van der Waals surface area contributed by atoms with Crippen molar-refractivity contribution in [3.63, 3.8) is 0 Å². The monoisotopic (exact) mass is 246 g/mol. The molecule has 0 fully saturated rings. The first kappa shape index (κ1) is 10.3. The van der Waals surface area contributed by atoms with E-state index >= 15 is 0 Å². The molecule has 1 aromatic carbocycles. The van der Waals surface area contributed by atoms with Crippen LogP contribution in [0.4, 0.5) is 5.69 Å². The van der Waals surface area contributed by atoms with Crippen LogP contribution >= 0.6 is 11.6 Å². The molecule has 0 radical (unpaired) electrons. The number of rotatable bonds is 3. The number of fused-ring (bicyclic) bond motifs is 1. The fraction of sp³-hybridized carbons (Fsp3) is 0.0769. The third-order valence-corrected chi connectivity index (χ3v) is 2.85. The first-order valence-electron chi connectivity index (χ1n) is 5.36. The van der Waals surface area contributed by atoms with Crippen LogP contribution in [-0.4, -0.2) is 4.98 Å². The molecule has 17 heavy (non-hydrogen) atoms. The van der Waals surface area contributed by atoms with E-state index in [1.807, 2.05) is 30.5 Å². The Labute approximate surface area is 103 Å². The van der Waals surface area contributed by atoms with Gasteiger partial charge in [0.25, 0.3) is 0 Å². The van der Waals surface area contributed by atoms with E-state index in [0.717, 1.165) is 17.0 Å². The number of hydrogen-bond acceptors (Lipinski definition) is 2. The Balaban J connectivity index is 1.76. The molecule has 0 saturated carbocycles. The Bertz CT molecular complexity index is 641. The Kier molecular flexibility index (Phi) is 2.53. The van der Waals surface area contributed by atoms with Gasteiger partial charge in [-0.1, -0.05) is 0 Å². The number of furan rings is 1. The third kappa shape index (κ3) is 2.15. The number of hydrogen-bond donors (Lipinski definition) is 2. The molecule has 3 nitrogen and oxygen atoms in total. The Morgan fingerprint density at radius 3 is 2.94 bits per heavy atom. The lowest BCUT2D eigenvalue weighted by Crippen LogP contribution is -1.97. The summed E-state index contributed by atoms with van der Waals surface area (Å²) in [7, 11) is 0. The second-order valence-corrected chi connectivity index (χ2v) is 4.21. The minimum absolute atomic E-state index is 0.419. The van der Waals surface area contributed by atoms with E-state index in [1.165, 1.54) is 5.39 Å². The molecule has 0 saturated heterocycles. The zero-order valence-corrected chi connectivity index (χ0v) is 9.79. The van der Waals surface area contributed by atoms with E-state index in [2.05, 4.69) is 16.4 Å². The van der Waals surface area contributed by atoms with E-state index in [0.29, 0.717) is 11.8 Å². The Morgan fingerprint density at radius 1 is 1.18 bits per heavy atom. The molecule has 0 aliphatic carbocycles. The summed E-state index contributed by atoms with van der Waals surface area (Å²) in [6, 6.07) is 11.8. The summed E-state index contributed by atoms with van der Waals surface area (Å²) in [4.78, 5) is 3.16. The molecule has 3 aromatic rings. The van der Waals surface area contributed by atoms with Gasteiger partial charge in [0, 0.05) is 22.8 Å². The number of aromatic amines is 1. The lowest BCUT2D eigenvalue weighted by molar-refractivity contribution is 0.520. The summed E-state index contributed by atoms with van der Waals surface area (Å²) in [5.41, 5.74) is 2.20. The lowest BCUT2D eigenvalue weighted by Gasteiger charge is -2.04. The van der Waals surface area contributed by atoms with Crippen molar-refractivity contribution < 1.29 is 4.42 Å². The normalized spacial score (nSPS) is 10.9. The zero-order valence-electron chi connectivity index (χ0n) is 9.03. The number of nitrogens with one attached hydrogen (secondary N) is 2. The molecular weight excluding hydrogens is 236 g/mol. The summed E-state index contributed by atoms with van der Waals surface area (Å²) >= 11 is 5.71. The van der Waals surface area contributed by atoms with Crippen molar-refractivity contribution in [2.45, 2.75) is 6.54 Å². The highest BCUT2D eigenvalue weighted by atomic mass is 35.5. The molecule has 3 rings (SSSR count). The first-order chi connectivity index (χ1) is 8.31. The van der Waals surface area contributed by atoms with Crippen molar-refractivity contribution in [3.05, 3.63) is 53.6 Å². The first-order valence-corrected chi connectivity index (χ1v) is 5.74. The van der Waals surface area contributed by atoms with Gasteiger partial charge in [-0.05, 0) is 48.0 Å². The molecule has 2 N–H and O–H groups in total. The number of aromatic nitrogens is 1. The van der Waals surface area contributed by atoms with Gasteiger partial charge in [0.05, 0.1) is 6.54 Å². The van der Waals surface area contributed by atoms with Crippen LogP contribution in [0.5, 0.6) is 0 Å². The largest absolute Gasteiger partial charge is 0.448 e. The van der Waals surface area contributed by atoms with Gasteiger partial charge in [-0.3, -0.25) is 0 Å². The second-order valence-electron chi connectivity index (χ2n) is 3.84. The van der Waals surface area contributed by atoms with Crippen LogP contribution in [0.1, 0.15) is 5.76 Å². The summed E-state index contributed by atoms with van der Waals surface area (Å²) in [6.45, 7) is 0.628. The van der Waals surface area contributed by atoms with Crippen molar-refractivity contribution in [2.24, 2.45) is 0 Å². The fourth-order valence-corrected chi connectivity index (χ4v) is 1.96. The van der Waals surface area contributed by atoms with Crippen molar-refractivity contribution in [1.82, 2.24) is 4.98 Å². The fourth-order valence-electron chi connectivity index (χ4n) is 1.80. The topological polar surface area (TPSA) is 41.0 Å². The highest BCUT2D eigenvalue weighted by molar-refractivity contribution is 6.28. The van der Waals surface area contributed by atoms with Gasteiger partial charge in [-0.25, -0.2) is 0 Å². The van der Waals surface area contributed by atoms with Gasteiger partial charge in [-0.15, -0.1) is 0 Å². The van der Waals surface area contributed by atoms with Crippen LogP contribution in [0.3, 0.4) is 0 Å². The van der Waals surface area contributed by atoms with Gasteiger partial charge in [-0.2, -0.15) is 0 Å². The number of halogens is 1. The van der Waals surface area contributed by atoms with Crippen molar-refractivity contribution in [3.8, 4) is 0 Å². The molecule has 0 spiro atoms. The average Bonchev–Trinajstić information content (AvgIpc) is 2.94. The Morgan fingerprint density at radius 2 is 2.12 bits per heavy atom. The summed E-state index contributed by atoms with van der Waals surface area (Å²) in [5.74, 6) is 0.823. The molecule has 2 aromatic heterocycles. The van der Waals surface area contributed by atoms with Crippen LogP contribution in [0.25, 0.3) is 10.9 Å². The SMILES string of the molecule is Clc1ccc(CNc2ccc3[nH]ccc3c2)o1.